The molecule has 1 aromatic heterocycles. The van der Waals surface area contributed by atoms with Crippen LogP contribution in [0.2, 0.25) is 0 Å². The number of anilines is 2. The second-order valence-corrected chi connectivity index (χ2v) is 7.29. The molecule has 1 aliphatic carbocycles. The standard InChI is InChI=1S/C20H16FN3O2S/c21-14-8-4-5-9-15(14)22-19(26)13-10-11-16-17(13)23-20(27-16)24-18(25)12-6-2-1-3-7-12/h1-9,13H,10-11H2,(H,22,26)(H,23,24,25). The summed E-state index contributed by atoms with van der Waals surface area (Å²) >= 11 is 1.38. The number of nitrogens with zero attached hydrogens (tertiary/aromatic N) is 1. The molecule has 4 rings (SSSR count). The molecule has 2 N–H and O–H groups in total. The van der Waals surface area contributed by atoms with Gasteiger partial charge in [-0.25, -0.2) is 9.37 Å². The number of aromatic nitrogens is 1. The van der Waals surface area contributed by atoms with E-state index < -0.39 is 11.7 Å². The maximum absolute atomic E-state index is 13.8. The minimum Gasteiger partial charge on any atom is -0.323 e. The molecule has 0 spiro atoms. The molecule has 3 aromatic rings. The van der Waals surface area contributed by atoms with E-state index >= 15 is 0 Å². The maximum atomic E-state index is 13.8. The highest BCUT2D eigenvalue weighted by molar-refractivity contribution is 7.16. The van der Waals surface area contributed by atoms with Gasteiger partial charge in [-0.15, -0.1) is 11.3 Å². The van der Waals surface area contributed by atoms with E-state index in [0.717, 1.165) is 4.88 Å². The summed E-state index contributed by atoms with van der Waals surface area (Å²) < 4.78 is 13.8. The van der Waals surface area contributed by atoms with Crippen LogP contribution >= 0.6 is 11.3 Å². The number of amides is 2. The lowest BCUT2D eigenvalue weighted by atomic mass is 10.1. The first kappa shape index (κ1) is 17.4. The van der Waals surface area contributed by atoms with Crippen molar-refractivity contribution in [3.8, 4) is 0 Å². The highest BCUT2D eigenvalue weighted by atomic mass is 32.1. The monoisotopic (exact) mass is 381 g/mol. The van der Waals surface area contributed by atoms with Crippen LogP contribution in [0.4, 0.5) is 15.2 Å². The van der Waals surface area contributed by atoms with Gasteiger partial charge in [-0.2, -0.15) is 0 Å². The Morgan fingerprint density at radius 1 is 1.04 bits per heavy atom. The average Bonchev–Trinajstić information content (AvgIpc) is 3.24. The van der Waals surface area contributed by atoms with Crippen molar-refractivity contribution >= 4 is 34.0 Å². The van der Waals surface area contributed by atoms with Gasteiger partial charge in [0.25, 0.3) is 5.91 Å². The number of para-hydroxylation sites is 1. The van der Waals surface area contributed by atoms with Crippen LogP contribution in [0.1, 0.15) is 33.3 Å². The predicted octanol–water partition coefficient (Wildman–Crippen LogP) is 4.20. The molecule has 136 valence electrons. The van der Waals surface area contributed by atoms with Gasteiger partial charge < -0.3 is 5.32 Å². The summed E-state index contributed by atoms with van der Waals surface area (Å²) in [6.07, 6.45) is 1.34. The van der Waals surface area contributed by atoms with Crippen molar-refractivity contribution in [2.24, 2.45) is 0 Å². The van der Waals surface area contributed by atoms with Gasteiger partial charge >= 0.3 is 0 Å². The molecule has 1 aliphatic rings. The molecule has 1 atom stereocenters. The quantitative estimate of drug-likeness (QED) is 0.711. The Hall–Kier alpha value is -3.06. The first-order valence-corrected chi connectivity index (χ1v) is 9.35. The number of fused-ring (bicyclic) bond motifs is 1. The maximum Gasteiger partial charge on any atom is 0.257 e. The molecule has 5 nitrogen and oxygen atoms in total. The summed E-state index contributed by atoms with van der Waals surface area (Å²) in [6.45, 7) is 0. The normalized spacial score (nSPS) is 15.2. The summed E-state index contributed by atoms with van der Waals surface area (Å²) in [5, 5.41) is 5.88. The van der Waals surface area contributed by atoms with Crippen LogP contribution in [-0.2, 0) is 11.2 Å². The molecule has 2 aromatic carbocycles. The number of aryl methyl sites for hydroxylation is 1. The van der Waals surface area contributed by atoms with Crippen molar-refractivity contribution in [2.75, 3.05) is 10.6 Å². The van der Waals surface area contributed by atoms with Gasteiger partial charge in [-0.3, -0.25) is 14.9 Å². The number of thiazole rings is 1. The molecule has 0 saturated heterocycles. The Balaban J connectivity index is 1.48. The van der Waals surface area contributed by atoms with E-state index in [2.05, 4.69) is 15.6 Å². The number of hydrogen-bond donors (Lipinski definition) is 2. The Labute approximate surface area is 159 Å². The van der Waals surface area contributed by atoms with E-state index in [1.54, 1.807) is 36.4 Å². The molecule has 0 radical (unpaired) electrons. The van der Waals surface area contributed by atoms with Crippen LogP contribution in [0.25, 0.3) is 0 Å². The largest absolute Gasteiger partial charge is 0.323 e. The first-order valence-electron chi connectivity index (χ1n) is 8.53. The molecular formula is C20H16FN3O2S. The van der Waals surface area contributed by atoms with Gasteiger partial charge in [0.15, 0.2) is 5.13 Å². The Bertz CT molecular complexity index is 1000. The van der Waals surface area contributed by atoms with E-state index in [0.29, 0.717) is 29.2 Å². The predicted molar refractivity (Wildman–Crippen MR) is 103 cm³/mol. The minimum absolute atomic E-state index is 0.156. The second-order valence-electron chi connectivity index (χ2n) is 6.21. The van der Waals surface area contributed by atoms with Crippen LogP contribution in [0.15, 0.2) is 54.6 Å². The smallest absolute Gasteiger partial charge is 0.257 e. The number of benzene rings is 2. The average molecular weight is 381 g/mol. The Morgan fingerprint density at radius 2 is 1.78 bits per heavy atom. The Kier molecular flexibility index (Phi) is 4.68. The molecule has 1 heterocycles. The SMILES string of the molecule is O=C(Nc1nc2c(s1)CCC2C(=O)Nc1ccccc1F)c1ccccc1. The summed E-state index contributed by atoms with van der Waals surface area (Å²) in [4.78, 5) is 30.3. The molecule has 0 bridgehead atoms. The molecule has 0 fully saturated rings. The summed E-state index contributed by atoms with van der Waals surface area (Å²) in [6, 6.07) is 14.9. The van der Waals surface area contributed by atoms with Gasteiger partial charge in [0, 0.05) is 10.4 Å². The molecule has 1 unspecified atom stereocenters. The minimum atomic E-state index is -0.474. The van der Waals surface area contributed by atoms with Crippen molar-refractivity contribution in [2.45, 2.75) is 18.8 Å². The van der Waals surface area contributed by atoms with Gasteiger partial charge in [0.05, 0.1) is 17.3 Å². The number of rotatable bonds is 4. The zero-order chi connectivity index (χ0) is 18.8. The van der Waals surface area contributed by atoms with Crippen LogP contribution in [-0.4, -0.2) is 16.8 Å². The zero-order valence-corrected chi connectivity index (χ0v) is 15.1. The van der Waals surface area contributed by atoms with Gasteiger partial charge in [0.1, 0.15) is 5.82 Å². The lowest BCUT2D eigenvalue weighted by Crippen LogP contribution is -2.20. The van der Waals surface area contributed by atoms with Crippen molar-refractivity contribution in [1.82, 2.24) is 4.98 Å². The van der Waals surface area contributed by atoms with Crippen LogP contribution in [0, 0.1) is 5.82 Å². The van der Waals surface area contributed by atoms with Gasteiger partial charge in [0.2, 0.25) is 5.91 Å². The third kappa shape index (κ3) is 3.59. The number of carbonyl (C=O) groups excluding carboxylic acids is 2. The van der Waals surface area contributed by atoms with E-state index in [4.69, 9.17) is 0 Å². The van der Waals surface area contributed by atoms with Crippen LogP contribution < -0.4 is 10.6 Å². The molecule has 0 saturated carbocycles. The van der Waals surface area contributed by atoms with Crippen molar-refractivity contribution in [3.05, 3.63) is 76.5 Å². The van der Waals surface area contributed by atoms with E-state index in [1.807, 2.05) is 6.07 Å². The fraction of sp³-hybridized carbons (Fsp3) is 0.150. The molecular weight excluding hydrogens is 365 g/mol. The lowest BCUT2D eigenvalue weighted by molar-refractivity contribution is -0.117. The van der Waals surface area contributed by atoms with E-state index in [-0.39, 0.29) is 17.5 Å². The fourth-order valence-corrected chi connectivity index (χ4v) is 4.11. The highest BCUT2D eigenvalue weighted by Gasteiger charge is 2.33. The van der Waals surface area contributed by atoms with Crippen molar-refractivity contribution in [3.63, 3.8) is 0 Å². The first-order chi connectivity index (χ1) is 13.1. The zero-order valence-electron chi connectivity index (χ0n) is 14.2. The molecule has 2 amide bonds. The Morgan fingerprint density at radius 3 is 2.56 bits per heavy atom. The van der Waals surface area contributed by atoms with Crippen molar-refractivity contribution < 1.29 is 14.0 Å². The summed E-state index contributed by atoms with van der Waals surface area (Å²) in [7, 11) is 0. The summed E-state index contributed by atoms with van der Waals surface area (Å²) in [5.41, 5.74) is 1.36. The second kappa shape index (κ2) is 7.28. The van der Waals surface area contributed by atoms with Crippen LogP contribution in [0.5, 0.6) is 0 Å². The number of nitrogens with one attached hydrogen (secondary N) is 2. The molecule has 27 heavy (non-hydrogen) atoms. The highest BCUT2D eigenvalue weighted by Crippen LogP contribution is 2.39. The van der Waals surface area contributed by atoms with E-state index in [9.17, 15) is 14.0 Å². The number of carbonyl (C=O) groups is 2. The molecule has 7 heteroatoms. The molecule has 0 aliphatic heterocycles. The van der Waals surface area contributed by atoms with Crippen LogP contribution in [0.3, 0.4) is 0 Å². The van der Waals surface area contributed by atoms with Crippen molar-refractivity contribution in [1.29, 1.82) is 0 Å². The lowest BCUT2D eigenvalue weighted by Gasteiger charge is -2.11. The van der Waals surface area contributed by atoms with Gasteiger partial charge in [-0.1, -0.05) is 30.3 Å². The topological polar surface area (TPSA) is 71.1 Å². The number of hydrogen-bond acceptors (Lipinski definition) is 4. The third-order valence-corrected chi connectivity index (χ3v) is 5.47. The fourth-order valence-electron chi connectivity index (χ4n) is 3.08. The third-order valence-electron chi connectivity index (χ3n) is 4.42. The summed E-state index contributed by atoms with van der Waals surface area (Å²) in [5.74, 6) is -1.45. The van der Waals surface area contributed by atoms with E-state index in [1.165, 1.54) is 23.5 Å². The van der Waals surface area contributed by atoms with Gasteiger partial charge in [-0.05, 0) is 37.1 Å². The number of halogens is 1.